The van der Waals surface area contributed by atoms with Crippen molar-refractivity contribution in [1.29, 1.82) is 0 Å². The molecule has 0 atom stereocenters. The van der Waals surface area contributed by atoms with E-state index in [1.165, 1.54) is 13.1 Å². The molecule has 1 amide bonds. The number of benzene rings is 1. The minimum atomic E-state index is -0.211. The topological polar surface area (TPSA) is 59.9 Å². The van der Waals surface area contributed by atoms with Crippen LogP contribution < -0.4 is 14.9 Å². The third-order valence-electron chi connectivity index (χ3n) is 1.84. The van der Waals surface area contributed by atoms with E-state index in [0.29, 0.717) is 11.5 Å². The summed E-state index contributed by atoms with van der Waals surface area (Å²) in [5, 5.41) is 3.75. The van der Waals surface area contributed by atoms with E-state index in [0.717, 1.165) is 5.56 Å². The van der Waals surface area contributed by atoms with Crippen molar-refractivity contribution in [2.45, 2.75) is 6.92 Å². The second-order valence-electron chi connectivity index (χ2n) is 3.04. The number of methoxy groups -OCH3 is 2. The second-order valence-corrected chi connectivity index (χ2v) is 3.04. The zero-order chi connectivity index (χ0) is 12.0. The third kappa shape index (κ3) is 3.27. The first-order valence-corrected chi connectivity index (χ1v) is 4.69. The quantitative estimate of drug-likeness (QED) is 0.614. The van der Waals surface area contributed by atoms with Gasteiger partial charge in [-0.15, -0.1) is 0 Å². The molecule has 5 heteroatoms. The summed E-state index contributed by atoms with van der Waals surface area (Å²) in [6, 6.07) is 5.35. The van der Waals surface area contributed by atoms with E-state index >= 15 is 0 Å². The summed E-state index contributed by atoms with van der Waals surface area (Å²) in [7, 11) is 3.13. The van der Waals surface area contributed by atoms with Crippen LogP contribution in [0.25, 0.3) is 0 Å². The molecule has 1 N–H and O–H groups in total. The molecule has 5 nitrogen and oxygen atoms in total. The van der Waals surface area contributed by atoms with Crippen LogP contribution in [0.15, 0.2) is 23.3 Å². The fraction of sp³-hybridized carbons (Fsp3) is 0.273. The minimum absolute atomic E-state index is 0.211. The lowest BCUT2D eigenvalue weighted by Crippen LogP contribution is -2.12. The van der Waals surface area contributed by atoms with Crippen LogP contribution in [0.5, 0.6) is 11.5 Å². The van der Waals surface area contributed by atoms with E-state index in [2.05, 4.69) is 10.5 Å². The van der Waals surface area contributed by atoms with Gasteiger partial charge in [0.1, 0.15) is 0 Å². The molecule has 0 spiro atoms. The molecule has 0 aromatic heterocycles. The average Bonchev–Trinajstić information content (AvgIpc) is 2.28. The number of nitrogens with zero attached hydrogens (tertiary/aromatic N) is 1. The molecule has 1 aromatic carbocycles. The number of hydrazone groups is 1. The van der Waals surface area contributed by atoms with Crippen LogP contribution in [0.1, 0.15) is 12.5 Å². The number of carbonyl (C=O) groups is 1. The largest absolute Gasteiger partial charge is 0.493 e. The summed E-state index contributed by atoms with van der Waals surface area (Å²) in [5.74, 6) is 1.06. The standard InChI is InChI=1S/C11H14N2O3/c1-8(14)13-12-7-9-4-5-10(15-2)11(6-9)16-3/h4-7H,1-3H3,(H,13,14). The lowest BCUT2D eigenvalue weighted by atomic mass is 10.2. The van der Waals surface area contributed by atoms with E-state index in [-0.39, 0.29) is 5.91 Å². The van der Waals surface area contributed by atoms with Gasteiger partial charge < -0.3 is 9.47 Å². The van der Waals surface area contributed by atoms with Crippen LogP contribution in [0.2, 0.25) is 0 Å². The van der Waals surface area contributed by atoms with Crippen molar-refractivity contribution in [2.24, 2.45) is 5.10 Å². The van der Waals surface area contributed by atoms with Crippen molar-refractivity contribution in [3.63, 3.8) is 0 Å². The van der Waals surface area contributed by atoms with E-state index in [9.17, 15) is 4.79 Å². The van der Waals surface area contributed by atoms with Crippen LogP contribution >= 0.6 is 0 Å². The van der Waals surface area contributed by atoms with Crippen LogP contribution in [0.4, 0.5) is 0 Å². The van der Waals surface area contributed by atoms with Gasteiger partial charge in [-0.3, -0.25) is 4.79 Å². The highest BCUT2D eigenvalue weighted by atomic mass is 16.5. The number of amides is 1. The third-order valence-corrected chi connectivity index (χ3v) is 1.84. The van der Waals surface area contributed by atoms with E-state index in [1.807, 2.05) is 6.07 Å². The number of nitrogens with one attached hydrogen (secondary N) is 1. The Hall–Kier alpha value is -2.04. The highest BCUT2D eigenvalue weighted by Crippen LogP contribution is 2.26. The van der Waals surface area contributed by atoms with Gasteiger partial charge in [0, 0.05) is 6.92 Å². The van der Waals surface area contributed by atoms with Crippen molar-refractivity contribution in [3.05, 3.63) is 23.8 Å². The van der Waals surface area contributed by atoms with Gasteiger partial charge in [0.15, 0.2) is 11.5 Å². The van der Waals surface area contributed by atoms with Crippen LogP contribution in [-0.4, -0.2) is 26.3 Å². The van der Waals surface area contributed by atoms with Gasteiger partial charge >= 0.3 is 0 Å². The normalized spacial score (nSPS) is 10.2. The number of hydrogen-bond donors (Lipinski definition) is 1. The SMILES string of the molecule is COc1ccc(C=NNC(C)=O)cc1OC. The molecule has 0 bridgehead atoms. The summed E-state index contributed by atoms with van der Waals surface area (Å²) in [6.07, 6.45) is 1.53. The van der Waals surface area contributed by atoms with Gasteiger partial charge in [0.05, 0.1) is 20.4 Å². The molecular formula is C11H14N2O3. The Morgan fingerprint density at radius 3 is 2.56 bits per heavy atom. The maximum absolute atomic E-state index is 10.6. The highest BCUT2D eigenvalue weighted by molar-refractivity contribution is 5.82. The van der Waals surface area contributed by atoms with Crippen LogP contribution in [0, 0.1) is 0 Å². The molecule has 0 saturated carbocycles. The molecule has 16 heavy (non-hydrogen) atoms. The number of rotatable bonds is 4. The number of ether oxygens (including phenoxy) is 2. The summed E-state index contributed by atoms with van der Waals surface area (Å²) in [5.41, 5.74) is 3.13. The Bertz CT molecular complexity index is 402. The zero-order valence-electron chi connectivity index (χ0n) is 9.48. The first-order valence-electron chi connectivity index (χ1n) is 4.69. The Morgan fingerprint density at radius 2 is 2.00 bits per heavy atom. The van der Waals surface area contributed by atoms with Crippen molar-refractivity contribution in [1.82, 2.24) is 5.43 Å². The maximum atomic E-state index is 10.6. The molecule has 0 aliphatic rings. The minimum Gasteiger partial charge on any atom is -0.493 e. The molecule has 0 radical (unpaired) electrons. The van der Waals surface area contributed by atoms with Crippen LogP contribution in [0.3, 0.4) is 0 Å². The Balaban J connectivity index is 2.82. The van der Waals surface area contributed by atoms with Gasteiger partial charge in [-0.1, -0.05) is 0 Å². The zero-order valence-corrected chi connectivity index (χ0v) is 9.48. The van der Waals surface area contributed by atoms with Gasteiger partial charge in [0.25, 0.3) is 0 Å². The van der Waals surface area contributed by atoms with E-state index < -0.39 is 0 Å². The molecular weight excluding hydrogens is 208 g/mol. The summed E-state index contributed by atoms with van der Waals surface area (Å²) >= 11 is 0. The highest BCUT2D eigenvalue weighted by Gasteiger charge is 2.02. The number of carbonyl (C=O) groups excluding carboxylic acids is 1. The average molecular weight is 222 g/mol. The smallest absolute Gasteiger partial charge is 0.236 e. The molecule has 1 aromatic rings. The number of hydrogen-bond acceptors (Lipinski definition) is 4. The maximum Gasteiger partial charge on any atom is 0.236 e. The van der Waals surface area contributed by atoms with E-state index in [4.69, 9.17) is 9.47 Å². The monoisotopic (exact) mass is 222 g/mol. The molecule has 0 aliphatic carbocycles. The van der Waals surface area contributed by atoms with Gasteiger partial charge in [-0.05, 0) is 23.8 Å². The predicted octanol–water partition coefficient (Wildman–Crippen LogP) is 1.17. The first-order chi connectivity index (χ1) is 7.67. The summed E-state index contributed by atoms with van der Waals surface area (Å²) in [6.45, 7) is 1.39. The Labute approximate surface area is 94.1 Å². The first kappa shape index (κ1) is 12.0. The van der Waals surface area contributed by atoms with Crippen molar-refractivity contribution >= 4 is 12.1 Å². The molecule has 86 valence electrons. The van der Waals surface area contributed by atoms with E-state index in [1.54, 1.807) is 26.4 Å². The molecule has 0 aliphatic heterocycles. The predicted molar refractivity (Wildman–Crippen MR) is 61.0 cm³/mol. The molecule has 1 rings (SSSR count). The van der Waals surface area contributed by atoms with Crippen molar-refractivity contribution in [3.8, 4) is 11.5 Å². The Morgan fingerprint density at radius 1 is 1.31 bits per heavy atom. The van der Waals surface area contributed by atoms with Gasteiger partial charge in [-0.2, -0.15) is 5.10 Å². The fourth-order valence-electron chi connectivity index (χ4n) is 1.13. The molecule has 0 unspecified atom stereocenters. The summed E-state index contributed by atoms with van der Waals surface area (Å²) < 4.78 is 10.2. The molecule has 0 fully saturated rings. The van der Waals surface area contributed by atoms with Gasteiger partial charge in [0.2, 0.25) is 5.91 Å². The van der Waals surface area contributed by atoms with Crippen LogP contribution in [-0.2, 0) is 4.79 Å². The summed E-state index contributed by atoms with van der Waals surface area (Å²) in [4.78, 5) is 10.6. The van der Waals surface area contributed by atoms with Crippen molar-refractivity contribution < 1.29 is 14.3 Å². The Kier molecular flexibility index (Phi) is 4.32. The molecule has 0 heterocycles. The van der Waals surface area contributed by atoms with Crippen molar-refractivity contribution in [2.75, 3.05) is 14.2 Å². The second kappa shape index (κ2) is 5.75. The van der Waals surface area contributed by atoms with Gasteiger partial charge in [-0.25, -0.2) is 5.43 Å². The lowest BCUT2D eigenvalue weighted by Gasteiger charge is -2.07. The fourth-order valence-corrected chi connectivity index (χ4v) is 1.13. The lowest BCUT2D eigenvalue weighted by molar-refractivity contribution is -0.118. The molecule has 0 saturated heterocycles.